The Balaban J connectivity index is 2.07. The highest BCUT2D eigenvalue weighted by Gasteiger charge is 2.37. The summed E-state index contributed by atoms with van der Waals surface area (Å²) in [4.78, 5) is 12.2. The quantitative estimate of drug-likeness (QED) is 0.812. The van der Waals surface area contributed by atoms with Crippen molar-refractivity contribution in [1.82, 2.24) is 9.78 Å². The molecule has 3 N–H and O–H groups in total. The predicted molar refractivity (Wildman–Crippen MR) is 66.4 cm³/mol. The lowest BCUT2D eigenvalue weighted by Crippen LogP contribution is -2.51. The number of carbonyl (C=O) groups excluding carboxylic acids is 1. The number of amides is 1. The van der Waals surface area contributed by atoms with E-state index >= 15 is 0 Å². The number of hydrogen-bond donors (Lipinski definition) is 2. The van der Waals surface area contributed by atoms with Crippen molar-refractivity contribution in [1.29, 1.82) is 0 Å². The third kappa shape index (κ3) is 2.49. The molecule has 0 radical (unpaired) electrons. The third-order valence-electron chi connectivity index (χ3n) is 3.64. The van der Waals surface area contributed by atoms with Crippen LogP contribution in [0.2, 0.25) is 0 Å². The molecule has 1 amide bonds. The van der Waals surface area contributed by atoms with Gasteiger partial charge in [0.25, 0.3) is 0 Å². The fourth-order valence-electron chi connectivity index (χ4n) is 2.50. The van der Waals surface area contributed by atoms with Gasteiger partial charge < -0.3 is 11.1 Å². The van der Waals surface area contributed by atoms with E-state index < -0.39 is 0 Å². The largest absolute Gasteiger partial charge is 0.325 e. The Morgan fingerprint density at radius 3 is 3.00 bits per heavy atom. The molecule has 2 rings (SSSR count). The number of rotatable bonds is 2. The van der Waals surface area contributed by atoms with E-state index in [4.69, 9.17) is 5.73 Å². The fraction of sp³-hybridized carbons (Fsp3) is 0.667. The normalized spacial score (nSPS) is 29.0. The maximum absolute atomic E-state index is 12.2. The van der Waals surface area contributed by atoms with Gasteiger partial charge >= 0.3 is 0 Å². The minimum Gasteiger partial charge on any atom is -0.325 e. The molecule has 0 bridgehead atoms. The summed E-state index contributed by atoms with van der Waals surface area (Å²) in [6, 6.07) is 1.79. The van der Waals surface area contributed by atoms with Gasteiger partial charge in [0.2, 0.25) is 5.91 Å². The molecule has 1 fully saturated rings. The highest BCUT2D eigenvalue weighted by Crippen LogP contribution is 2.32. The smallest absolute Gasteiger partial charge is 0.230 e. The molecule has 94 valence electrons. The highest BCUT2D eigenvalue weighted by atomic mass is 16.2. The van der Waals surface area contributed by atoms with Crippen LogP contribution in [0, 0.1) is 5.92 Å². The van der Waals surface area contributed by atoms with Crippen LogP contribution in [0.15, 0.2) is 12.3 Å². The van der Waals surface area contributed by atoms with Crippen molar-refractivity contribution in [3.63, 3.8) is 0 Å². The molecule has 0 aromatic carbocycles. The van der Waals surface area contributed by atoms with Crippen LogP contribution in [0.5, 0.6) is 0 Å². The molecule has 0 saturated heterocycles. The molecule has 17 heavy (non-hydrogen) atoms. The van der Waals surface area contributed by atoms with E-state index in [1.807, 2.05) is 6.92 Å². The number of nitrogens with two attached hydrogens (primary N) is 1. The van der Waals surface area contributed by atoms with E-state index in [1.165, 1.54) is 0 Å². The SMILES string of the molecule is Cn1nccc1NC(=O)C1CCCCC1(C)N. The second-order valence-electron chi connectivity index (χ2n) is 5.13. The Hall–Kier alpha value is -1.36. The number of hydrogen-bond acceptors (Lipinski definition) is 3. The number of nitrogens with zero attached hydrogens (tertiary/aromatic N) is 2. The first-order valence-electron chi connectivity index (χ1n) is 6.08. The zero-order valence-corrected chi connectivity index (χ0v) is 10.4. The van der Waals surface area contributed by atoms with Crippen molar-refractivity contribution < 1.29 is 4.79 Å². The van der Waals surface area contributed by atoms with Gasteiger partial charge in [-0.1, -0.05) is 12.8 Å². The Labute approximate surface area is 101 Å². The van der Waals surface area contributed by atoms with Crippen molar-refractivity contribution >= 4 is 11.7 Å². The van der Waals surface area contributed by atoms with Crippen LogP contribution in [0.1, 0.15) is 32.6 Å². The van der Waals surface area contributed by atoms with Crippen molar-refractivity contribution in [3.05, 3.63) is 12.3 Å². The highest BCUT2D eigenvalue weighted by molar-refractivity contribution is 5.92. The lowest BCUT2D eigenvalue weighted by molar-refractivity contribution is -0.122. The van der Waals surface area contributed by atoms with Crippen LogP contribution in [-0.4, -0.2) is 21.2 Å². The molecule has 1 aromatic rings. The number of aryl methyl sites for hydroxylation is 1. The second kappa shape index (κ2) is 4.49. The minimum absolute atomic E-state index is 0.0123. The molecule has 0 spiro atoms. The average Bonchev–Trinajstić information content (AvgIpc) is 2.63. The van der Waals surface area contributed by atoms with E-state index in [9.17, 15) is 4.79 Å². The second-order valence-corrected chi connectivity index (χ2v) is 5.13. The van der Waals surface area contributed by atoms with Crippen molar-refractivity contribution in [2.75, 3.05) is 5.32 Å². The van der Waals surface area contributed by atoms with Gasteiger partial charge in [0.05, 0.1) is 12.1 Å². The Morgan fingerprint density at radius 2 is 2.41 bits per heavy atom. The summed E-state index contributed by atoms with van der Waals surface area (Å²) in [6.45, 7) is 1.97. The molecule has 5 nitrogen and oxygen atoms in total. The zero-order valence-electron chi connectivity index (χ0n) is 10.4. The molecular weight excluding hydrogens is 216 g/mol. The Kier molecular flexibility index (Phi) is 3.19. The molecule has 1 heterocycles. The number of anilines is 1. The number of nitrogens with one attached hydrogen (secondary N) is 1. The van der Waals surface area contributed by atoms with Gasteiger partial charge in [-0.15, -0.1) is 0 Å². The molecular formula is C12H20N4O. The first kappa shape index (κ1) is 12.1. The van der Waals surface area contributed by atoms with Crippen molar-refractivity contribution in [3.8, 4) is 0 Å². The van der Waals surface area contributed by atoms with E-state index in [0.29, 0.717) is 0 Å². The maximum atomic E-state index is 12.2. The summed E-state index contributed by atoms with van der Waals surface area (Å²) in [5, 5.41) is 6.92. The summed E-state index contributed by atoms with van der Waals surface area (Å²) < 4.78 is 1.65. The lowest BCUT2D eigenvalue weighted by Gasteiger charge is -2.37. The molecule has 2 atom stereocenters. The Bertz CT molecular complexity index is 410. The molecule has 1 aliphatic rings. The number of carbonyl (C=O) groups is 1. The van der Waals surface area contributed by atoms with E-state index in [-0.39, 0.29) is 17.4 Å². The first-order chi connectivity index (χ1) is 8.00. The van der Waals surface area contributed by atoms with Crippen LogP contribution in [-0.2, 0) is 11.8 Å². The van der Waals surface area contributed by atoms with Gasteiger partial charge in [0, 0.05) is 18.7 Å². The van der Waals surface area contributed by atoms with Crippen LogP contribution in [0.25, 0.3) is 0 Å². The van der Waals surface area contributed by atoms with Crippen LogP contribution >= 0.6 is 0 Å². The van der Waals surface area contributed by atoms with E-state index in [2.05, 4.69) is 10.4 Å². The maximum Gasteiger partial charge on any atom is 0.230 e. The van der Waals surface area contributed by atoms with Gasteiger partial charge in [-0.05, 0) is 19.8 Å². The lowest BCUT2D eigenvalue weighted by atomic mass is 9.74. The van der Waals surface area contributed by atoms with Crippen molar-refractivity contribution in [2.24, 2.45) is 18.7 Å². The van der Waals surface area contributed by atoms with Gasteiger partial charge in [-0.2, -0.15) is 5.10 Å². The van der Waals surface area contributed by atoms with E-state index in [0.717, 1.165) is 31.5 Å². The van der Waals surface area contributed by atoms with E-state index in [1.54, 1.807) is 24.0 Å². The molecule has 1 aromatic heterocycles. The van der Waals surface area contributed by atoms with Crippen LogP contribution in [0.4, 0.5) is 5.82 Å². The molecule has 1 aliphatic carbocycles. The first-order valence-corrected chi connectivity index (χ1v) is 6.08. The zero-order chi connectivity index (χ0) is 12.5. The number of aromatic nitrogens is 2. The summed E-state index contributed by atoms with van der Waals surface area (Å²) in [5.41, 5.74) is 5.82. The predicted octanol–water partition coefficient (Wildman–Crippen LogP) is 1.27. The summed E-state index contributed by atoms with van der Waals surface area (Å²) in [5.74, 6) is 0.626. The summed E-state index contributed by atoms with van der Waals surface area (Å²) in [6.07, 6.45) is 5.64. The van der Waals surface area contributed by atoms with Crippen LogP contribution in [0.3, 0.4) is 0 Å². The minimum atomic E-state index is -0.388. The summed E-state index contributed by atoms with van der Waals surface area (Å²) in [7, 11) is 1.80. The van der Waals surface area contributed by atoms with Gasteiger partial charge in [0.15, 0.2) is 0 Å². The summed E-state index contributed by atoms with van der Waals surface area (Å²) >= 11 is 0. The molecule has 0 aliphatic heterocycles. The van der Waals surface area contributed by atoms with Crippen LogP contribution < -0.4 is 11.1 Å². The molecule has 5 heteroatoms. The van der Waals surface area contributed by atoms with Gasteiger partial charge in [-0.3, -0.25) is 9.48 Å². The average molecular weight is 236 g/mol. The standard InChI is InChI=1S/C12H20N4O/c1-12(13)7-4-3-5-9(12)11(17)15-10-6-8-14-16(10)2/h6,8-9H,3-5,7,13H2,1-2H3,(H,15,17). The van der Waals surface area contributed by atoms with Gasteiger partial charge in [-0.25, -0.2) is 0 Å². The third-order valence-corrected chi connectivity index (χ3v) is 3.64. The fourth-order valence-corrected chi connectivity index (χ4v) is 2.50. The van der Waals surface area contributed by atoms with Gasteiger partial charge in [0.1, 0.15) is 5.82 Å². The Morgan fingerprint density at radius 1 is 1.65 bits per heavy atom. The molecule has 2 unspecified atom stereocenters. The topological polar surface area (TPSA) is 72.9 Å². The monoisotopic (exact) mass is 236 g/mol. The molecule has 1 saturated carbocycles. The van der Waals surface area contributed by atoms with Crippen molar-refractivity contribution in [2.45, 2.75) is 38.1 Å².